The molecule has 3 aromatic rings. The number of aromatic nitrogens is 2. The number of carbonyl (C=O) groups is 1. The second-order valence-corrected chi connectivity index (χ2v) is 7.23. The van der Waals surface area contributed by atoms with Crippen molar-refractivity contribution in [2.24, 2.45) is 0 Å². The van der Waals surface area contributed by atoms with Crippen LogP contribution >= 0.6 is 0 Å². The van der Waals surface area contributed by atoms with E-state index in [0.29, 0.717) is 5.56 Å². The number of anilines is 4. The molecule has 1 aliphatic rings. The van der Waals surface area contributed by atoms with Gasteiger partial charge in [-0.25, -0.2) is 9.97 Å². The van der Waals surface area contributed by atoms with Crippen LogP contribution in [0.3, 0.4) is 0 Å². The number of ketones is 1. The Morgan fingerprint density at radius 2 is 1.55 bits per heavy atom. The number of nitrogens with zero attached hydrogens (tertiary/aromatic N) is 4. The molecule has 1 aliphatic heterocycles. The molecule has 6 nitrogen and oxygen atoms in total. The average molecular weight is 387 g/mol. The molecule has 148 valence electrons. The van der Waals surface area contributed by atoms with E-state index in [4.69, 9.17) is 0 Å². The number of aryl methyl sites for hydroxylation is 1. The third-order valence-corrected chi connectivity index (χ3v) is 5.11. The van der Waals surface area contributed by atoms with E-state index in [1.54, 1.807) is 6.92 Å². The van der Waals surface area contributed by atoms with E-state index in [9.17, 15) is 4.79 Å². The number of carbonyl (C=O) groups excluding carboxylic acids is 1. The molecule has 0 aliphatic carbocycles. The molecule has 0 atom stereocenters. The summed E-state index contributed by atoms with van der Waals surface area (Å²) >= 11 is 0. The number of hydrogen-bond donors (Lipinski definition) is 1. The van der Waals surface area contributed by atoms with Gasteiger partial charge in [0.05, 0.1) is 0 Å². The minimum Gasteiger partial charge on any atom is -0.368 e. The molecule has 0 unspecified atom stereocenters. The first-order valence-electron chi connectivity index (χ1n) is 9.87. The lowest BCUT2D eigenvalue weighted by molar-refractivity contribution is 0.101. The highest BCUT2D eigenvalue weighted by atomic mass is 16.1. The fourth-order valence-electron chi connectivity index (χ4n) is 3.55. The molecule has 29 heavy (non-hydrogen) atoms. The summed E-state index contributed by atoms with van der Waals surface area (Å²) in [6.45, 7) is 7.23. The molecule has 1 N–H and O–H groups in total. The van der Waals surface area contributed by atoms with Crippen molar-refractivity contribution in [3.8, 4) is 0 Å². The summed E-state index contributed by atoms with van der Waals surface area (Å²) in [5.41, 5.74) is 2.86. The number of piperazine rings is 1. The summed E-state index contributed by atoms with van der Waals surface area (Å²) in [6, 6.07) is 19.9. The first kappa shape index (κ1) is 18.9. The van der Waals surface area contributed by atoms with Crippen LogP contribution in [0, 0.1) is 6.92 Å². The number of nitrogens with one attached hydrogen (secondary N) is 1. The predicted molar refractivity (Wildman–Crippen MR) is 117 cm³/mol. The predicted octanol–water partition coefficient (Wildman–Crippen LogP) is 4.06. The monoisotopic (exact) mass is 387 g/mol. The van der Waals surface area contributed by atoms with E-state index in [2.05, 4.69) is 49.4 Å². The van der Waals surface area contributed by atoms with Crippen molar-refractivity contribution in [1.82, 2.24) is 9.97 Å². The standard InChI is InChI=1S/C23H25N5O/c1-17(29)19-8-10-20(11-9-19)26-22-16-23(25-18(2)24-22)28-14-12-27(13-15-28)21-6-4-3-5-7-21/h3-11,16H,12-15H2,1-2H3,(H,24,25,26). The Balaban J connectivity index is 1.45. The second kappa shape index (κ2) is 8.31. The fourth-order valence-corrected chi connectivity index (χ4v) is 3.55. The number of hydrogen-bond acceptors (Lipinski definition) is 6. The van der Waals surface area contributed by atoms with Crippen LogP contribution in [0.4, 0.5) is 23.0 Å². The van der Waals surface area contributed by atoms with Gasteiger partial charge < -0.3 is 15.1 Å². The van der Waals surface area contributed by atoms with Gasteiger partial charge in [-0.05, 0) is 50.2 Å². The van der Waals surface area contributed by atoms with E-state index in [0.717, 1.165) is 49.3 Å². The smallest absolute Gasteiger partial charge is 0.159 e. The van der Waals surface area contributed by atoms with Gasteiger partial charge in [-0.3, -0.25) is 4.79 Å². The Labute approximate surface area is 171 Å². The molecule has 1 saturated heterocycles. The minimum absolute atomic E-state index is 0.0614. The normalized spacial score (nSPS) is 14.0. The van der Waals surface area contributed by atoms with Crippen molar-refractivity contribution in [3.05, 3.63) is 72.1 Å². The first-order chi connectivity index (χ1) is 14.1. The van der Waals surface area contributed by atoms with Crippen LogP contribution in [-0.2, 0) is 0 Å². The summed E-state index contributed by atoms with van der Waals surface area (Å²) in [5.74, 6) is 2.49. The van der Waals surface area contributed by atoms with E-state index in [1.807, 2.05) is 43.3 Å². The molecule has 2 heterocycles. The first-order valence-corrected chi connectivity index (χ1v) is 9.87. The maximum atomic E-state index is 11.4. The molecule has 2 aromatic carbocycles. The quantitative estimate of drug-likeness (QED) is 0.666. The molecule has 1 aromatic heterocycles. The summed E-state index contributed by atoms with van der Waals surface area (Å²) < 4.78 is 0. The van der Waals surface area contributed by atoms with Crippen molar-refractivity contribution >= 4 is 28.8 Å². The van der Waals surface area contributed by atoms with Crippen LogP contribution in [0.15, 0.2) is 60.7 Å². The minimum atomic E-state index is 0.0614. The zero-order chi connectivity index (χ0) is 20.2. The molecule has 0 spiro atoms. The Morgan fingerprint density at radius 1 is 0.897 bits per heavy atom. The van der Waals surface area contributed by atoms with Crippen LogP contribution in [0.2, 0.25) is 0 Å². The molecule has 0 amide bonds. The lowest BCUT2D eigenvalue weighted by atomic mass is 10.1. The van der Waals surface area contributed by atoms with Gasteiger partial charge in [-0.1, -0.05) is 18.2 Å². The highest BCUT2D eigenvalue weighted by molar-refractivity contribution is 5.94. The molecule has 0 bridgehead atoms. The average Bonchev–Trinajstić information content (AvgIpc) is 2.74. The van der Waals surface area contributed by atoms with Gasteiger partial charge in [0, 0.05) is 49.2 Å². The van der Waals surface area contributed by atoms with Crippen LogP contribution in [-0.4, -0.2) is 41.9 Å². The second-order valence-electron chi connectivity index (χ2n) is 7.23. The van der Waals surface area contributed by atoms with Gasteiger partial charge in [0.15, 0.2) is 5.78 Å². The summed E-state index contributed by atoms with van der Waals surface area (Å²) in [6.07, 6.45) is 0. The number of benzene rings is 2. The van der Waals surface area contributed by atoms with Gasteiger partial charge in [0.1, 0.15) is 17.5 Å². The van der Waals surface area contributed by atoms with Crippen molar-refractivity contribution < 1.29 is 4.79 Å². The van der Waals surface area contributed by atoms with Gasteiger partial charge in [0.2, 0.25) is 0 Å². The van der Waals surface area contributed by atoms with Crippen molar-refractivity contribution in [2.45, 2.75) is 13.8 Å². The van der Waals surface area contributed by atoms with Crippen LogP contribution in [0.25, 0.3) is 0 Å². The third-order valence-electron chi connectivity index (χ3n) is 5.11. The largest absolute Gasteiger partial charge is 0.368 e. The van der Waals surface area contributed by atoms with Gasteiger partial charge in [0.25, 0.3) is 0 Å². The van der Waals surface area contributed by atoms with Gasteiger partial charge in [-0.15, -0.1) is 0 Å². The molecule has 0 radical (unpaired) electrons. The maximum Gasteiger partial charge on any atom is 0.159 e. The van der Waals surface area contributed by atoms with E-state index >= 15 is 0 Å². The third kappa shape index (κ3) is 4.54. The van der Waals surface area contributed by atoms with Gasteiger partial charge >= 0.3 is 0 Å². The lowest BCUT2D eigenvalue weighted by Crippen LogP contribution is -2.46. The summed E-state index contributed by atoms with van der Waals surface area (Å²) in [5, 5.41) is 3.33. The van der Waals surface area contributed by atoms with Crippen molar-refractivity contribution in [2.75, 3.05) is 41.3 Å². The molecule has 1 fully saturated rings. The summed E-state index contributed by atoms with van der Waals surface area (Å²) in [4.78, 5) is 25.3. The number of para-hydroxylation sites is 1. The SMILES string of the molecule is CC(=O)c1ccc(Nc2cc(N3CCN(c4ccccc4)CC3)nc(C)n2)cc1. The topological polar surface area (TPSA) is 61.4 Å². The van der Waals surface area contributed by atoms with Crippen molar-refractivity contribution in [3.63, 3.8) is 0 Å². The Hall–Kier alpha value is -3.41. The Kier molecular flexibility index (Phi) is 5.42. The lowest BCUT2D eigenvalue weighted by Gasteiger charge is -2.36. The fraction of sp³-hybridized carbons (Fsp3) is 0.261. The number of Topliss-reactive ketones (excluding diaryl/α,β-unsaturated/α-hetero) is 1. The molecule has 0 saturated carbocycles. The van der Waals surface area contributed by atoms with Crippen LogP contribution in [0.5, 0.6) is 0 Å². The molecular weight excluding hydrogens is 362 g/mol. The Bertz CT molecular complexity index is 980. The number of rotatable bonds is 5. The highest BCUT2D eigenvalue weighted by Gasteiger charge is 2.19. The molecule has 4 rings (SSSR count). The van der Waals surface area contributed by atoms with E-state index < -0.39 is 0 Å². The zero-order valence-corrected chi connectivity index (χ0v) is 16.8. The molecular formula is C23H25N5O. The summed E-state index contributed by atoms with van der Waals surface area (Å²) in [7, 11) is 0. The van der Waals surface area contributed by atoms with Crippen LogP contribution in [0.1, 0.15) is 23.1 Å². The van der Waals surface area contributed by atoms with E-state index in [-0.39, 0.29) is 5.78 Å². The van der Waals surface area contributed by atoms with E-state index in [1.165, 1.54) is 5.69 Å². The van der Waals surface area contributed by atoms with Crippen LogP contribution < -0.4 is 15.1 Å². The maximum absolute atomic E-state index is 11.4. The molecule has 6 heteroatoms. The van der Waals surface area contributed by atoms with Crippen molar-refractivity contribution in [1.29, 1.82) is 0 Å². The van der Waals surface area contributed by atoms with Gasteiger partial charge in [-0.2, -0.15) is 0 Å². The zero-order valence-electron chi connectivity index (χ0n) is 16.8. The Morgan fingerprint density at radius 3 is 2.21 bits per heavy atom. The highest BCUT2D eigenvalue weighted by Crippen LogP contribution is 2.23.